The van der Waals surface area contributed by atoms with E-state index in [0.29, 0.717) is 19.1 Å². The van der Waals surface area contributed by atoms with Gasteiger partial charge in [0.2, 0.25) is 5.96 Å². The highest BCUT2D eigenvalue weighted by atomic mass is 16.5. The van der Waals surface area contributed by atoms with E-state index in [0.717, 1.165) is 12.1 Å². The van der Waals surface area contributed by atoms with Crippen LogP contribution >= 0.6 is 0 Å². The summed E-state index contributed by atoms with van der Waals surface area (Å²) < 4.78 is 4.98. The zero-order chi connectivity index (χ0) is 15.0. The van der Waals surface area contributed by atoms with E-state index >= 15 is 0 Å². The number of anilines is 1. The molecule has 0 saturated carbocycles. The van der Waals surface area contributed by atoms with Gasteiger partial charge in [-0.15, -0.1) is 0 Å². The molecule has 5 heteroatoms. The van der Waals surface area contributed by atoms with Crippen molar-refractivity contribution < 1.29 is 4.74 Å². The summed E-state index contributed by atoms with van der Waals surface area (Å²) in [6, 6.07) is 8.29. The first-order chi connectivity index (χ1) is 9.47. The van der Waals surface area contributed by atoms with Gasteiger partial charge in [0.25, 0.3) is 0 Å². The second-order valence-electron chi connectivity index (χ2n) is 5.67. The number of hydrogen-bond donors (Lipinski definition) is 3. The van der Waals surface area contributed by atoms with Crippen molar-refractivity contribution in [3.63, 3.8) is 0 Å². The van der Waals surface area contributed by atoms with Crippen molar-refractivity contribution in [3.8, 4) is 0 Å². The molecule has 5 nitrogen and oxygen atoms in total. The number of rotatable bonds is 5. The minimum Gasteiger partial charge on any atom is -0.385 e. The van der Waals surface area contributed by atoms with Gasteiger partial charge in [0.15, 0.2) is 0 Å². The average Bonchev–Trinajstić information content (AvgIpc) is 2.42. The van der Waals surface area contributed by atoms with Gasteiger partial charge in [-0.2, -0.15) is 0 Å². The summed E-state index contributed by atoms with van der Waals surface area (Å²) in [4.78, 5) is 4.34. The Morgan fingerprint density at radius 3 is 2.40 bits per heavy atom. The maximum Gasteiger partial charge on any atom is 0.210 e. The van der Waals surface area contributed by atoms with Crippen LogP contribution in [0.15, 0.2) is 29.3 Å². The monoisotopic (exact) mass is 278 g/mol. The third-order valence-electron chi connectivity index (χ3n) is 2.93. The zero-order valence-corrected chi connectivity index (χ0v) is 12.9. The lowest BCUT2D eigenvalue weighted by molar-refractivity contribution is 0.197. The van der Waals surface area contributed by atoms with E-state index in [1.165, 1.54) is 5.56 Å². The molecule has 112 valence electrons. The largest absolute Gasteiger partial charge is 0.385 e. The van der Waals surface area contributed by atoms with Crippen LogP contribution < -0.4 is 16.6 Å². The molecule has 4 N–H and O–H groups in total. The van der Waals surface area contributed by atoms with Crippen molar-refractivity contribution in [1.29, 1.82) is 0 Å². The molecule has 0 amide bonds. The van der Waals surface area contributed by atoms with E-state index in [1.54, 1.807) is 7.11 Å². The predicted molar refractivity (Wildman–Crippen MR) is 84.9 cm³/mol. The lowest BCUT2D eigenvalue weighted by Crippen LogP contribution is -2.36. The topological polar surface area (TPSA) is 71.7 Å². The second kappa shape index (κ2) is 7.87. The molecule has 20 heavy (non-hydrogen) atoms. The fourth-order valence-corrected chi connectivity index (χ4v) is 1.71. The lowest BCUT2D eigenvalue weighted by atomic mass is 9.87. The third-order valence-corrected chi connectivity index (χ3v) is 2.93. The first-order valence-corrected chi connectivity index (χ1v) is 6.85. The molecule has 0 saturated heterocycles. The Morgan fingerprint density at radius 2 is 1.90 bits per heavy atom. The van der Waals surface area contributed by atoms with Crippen LogP contribution in [0.3, 0.4) is 0 Å². The summed E-state index contributed by atoms with van der Waals surface area (Å²) >= 11 is 0. The first kappa shape index (κ1) is 16.5. The minimum atomic E-state index is 0.154. The fraction of sp³-hybridized carbons (Fsp3) is 0.533. The Labute approximate surface area is 121 Å². The second-order valence-corrected chi connectivity index (χ2v) is 5.67. The highest BCUT2D eigenvalue weighted by molar-refractivity contribution is 5.93. The van der Waals surface area contributed by atoms with E-state index in [9.17, 15) is 0 Å². The van der Waals surface area contributed by atoms with Crippen molar-refractivity contribution in [3.05, 3.63) is 29.8 Å². The maximum atomic E-state index is 5.46. The van der Waals surface area contributed by atoms with Crippen molar-refractivity contribution >= 4 is 11.6 Å². The average molecular weight is 278 g/mol. The first-order valence-electron chi connectivity index (χ1n) is 6.85. The van der Waals surface area contributed by atoms with Crippen molar-refractivity contribution in [2.45, 2.75) is 32.6 Å². The molecule has 0 atom stereocenters. The number of nitrogens with zero attached hydrogens (tertiary/aromatic N) is 1. The van der Waals surface area contributed by atoms with Crippen LogP contribution in [0.4, 0.5) is 5.69 Å². The molecule has 0 bridgehead atoms. The molecule has 0 heterocycles. The molecule has 0 radical (unpaired) electrons. The van der Waals surface area contributed by atoms with Crippen LogP contribution in [0.2, 0.25) is 0 Å². The normalized spacial score (nSPS) is 12.3. The minimum absolute atomic E-state index is 0.154. The van der Waals surface area contributed by atoms with Crippen LogP contribution in [0, 0.1) is 0 Å². The Bertz CT molecular complexity index is 420. The number of methoxy groups -OCH3 is 1. The number of hydrogen-bond acceptors (Lipinski definition) is 3. The SMILES string of the molecule is COCCCN=C(NN)Nc1ccc(C(C)(C)C)cc1. The van der Waals surface area contributed by atoms with Gasteiger partial charge >= 0.3 is 0 Å². The van der Waals surface area contributed by atoms with Gasteiger partial charge < -0.3 is 10.1 Å². The van der Waals surface area contributed by atoms with Crippen molar-refractivity contribution in [1.82, 2.24) is 5.43 Å². The van der Waals surface area contributed by atoms with Crippen LogP contribution in [-0.4, -0.2) is 26.2 Å². The maximum absolute atomic E-state index is 5.46. The molecule has 0 unspecified atom stereocenters. The van der Waals surface area contributed by atoms with Crippen LogP contribution in [-0.2, 0) is 10.2 Å². The van der Waals surface area contributed by atoms with Gasteiger partial charge in [-0.1, -0.05) is 32.9 Å². The fourth-order valence-electron chi connectivity index (χ4n) is 1.71. The smallest absolute Gasteiger partial charge is 0.210 e. The van der Waals surface area contributed by atoms with Crippen LogP contribution in [0.1, 0.15) is 32.8 Å². The van der Waals surface area contributed by atoms with Gasteiger partial charge in [0.05, 0.1) is 0 Å². The summed E-state index contributed by atoms with van der Waals surface area (Å²) in [5.74, 6) is 6.02. The predicted octanol–water partition coefficient (Wildman–Crippen LogP) is 2.25. The van der Waals surface area contributed by atoms with Crippen LogP contribution in [0.25, 0.3) is 0 Å². The molecular formula is C15H26N4O. The summed E-state index contributed by atoms with van der Waals surface area (Å²) in [5, 5.41) is 3.16. The number of benzene rings is 1. The number of aliphatic imine (C=N–C) groups is 1. The van der Waals surface area contributed by atoms with E-state index < -0.39 is 0 Å². The summed E-state index contributed by atoms with van der Waals surface area (Å²) in [6.45, 7) is 7.95. The van der Waals surface area contributed by atoms with E-state index in [-0.39, 0.29) is 5.41 Å². The van der Waals surface area contributed by atoms with Crippen molar-refractivity contribution in [2.24, 2.45) is 10.8 Å². The molecule has 0 aliphatic heterocycles. The van der Waals surface area contributed by atoms with E-state index in [1.807, 2.05) is 12.1 Å². The lowest BCUT2D eigenvalue weighted by Gasteiger charge is -2.19. The van der Waals surface area contributed by atoms with Gasteiger partial charge in [-0.25, -0.2) is 5.84 Å². The Kier molecular flexibility index (Phi) is 6.48. The molecule has 0 aromatic heterocycles. The molecule has 1 aromatic carbocycles. The van der Waals surface area contributed by atoms with Gasteiger partial charge in [-0.05, 0) is 29.5 Å². The number of hydrazine groups is 1. The molecule has 0 spiro atoms. The standard InChI is InChI=1S/C15H26N4O/c1-15(2,3)12-6-8-13(9-7-12)18-14(19-16)17-10-5-11-20-4/h6-9H,5,10-11,16H2,1-4H3,(H2,17,18,19). The number of guanidine groups is 1. The Balaban J connectivity index is 2.61. The molecule has 1 aromatic rings. The zero-order valence-electron chi connectivity index (χ0n) is 12.9. The van der Waals surface area contributed by atoms with Gasteiger partial charge in [0.1, 0.15) is 0 Å². The van der Waals surface area contributed by atoms with E-state index in [4.69, 9.17) is 10.6 Å². The summed E-state index contributed by atoms with van der Waals surface area (Å²) in [5.41, 5.74) is 4.98. The molecule has 0 aliphatic carbocycles. The number of nitrogens with two attached hydrogens (primary N) is 1. The summed E-state index contributed by atoms with van der Waals surface area (Å²) in [6.07, 6.45) is 0.867. The van der Waals surface area contributed by atoms with Gasteiger partial charge in [-0.3, -0.25) is 10.4 Å². The quantitative estimate of drug-likeness (QED) is 0.254. The molecule has 0 fully saturated rings. The Hall–Kier alpha value is -1.59. The molecule has 0 aliphatic rings. The molecule has 1 rings (SSSR count). The number of ether oxygens (including phenoxy) is 1. The van der Waals surface area contributed by atoms with Gasteiger partial charge in [0, 0.05) is 25.9 Å². The Morgan fingerprint density at radius 1 is 1.25 bits per heavy atom. The van der Waals surface area contributed by atoms with Crippen LogP contribution in [0.5, 0.6) is 0 Å². The van der Waals surface area contributed by atoms with Crippen molar-refractivity contribution in [2.75, 3.05) is 25.6 Å². The highest BCUT2D eigenvalue weighted by Gasteiger charge is 2.12. The summed E-state index contributed by atoms with van der Waals surface area (Å²) in [7, 11) is 1.68. The number of nitrogens with one attached hydrogen (secondary N) is 2. The van der Waals surface area contributed by atoms with E-state index in [2.05, 4.69) is 48.6 Å². The third kappa shape index (κ3) is 5.59. The highest BCUT2D eigenvalue weighted by Crippen LogP contribution is 2.23. The molecular weight excluding hydrogens is 252 g/mol.